The van der Waals surface area contributed by atoms with E-state index in [9.17, 15) is 4.79 Å². The van der Waals surface area contributed by atoms with Gasteiger partial charge in [-0.1, -0.05) is 19.9 Å². The molecular weight excluding hydrogens is 292 g/mol. The summed E-state index contributed by atoms with van der Waals surface area (Å²) >= 11 is 1.85. The molecule has 4 heteroatoms. The molecule has 2 rings (SSSR count). The number of anilines is 2. The SMILES string of the molecule is CCC(C)Sc1ccc(NC(=O)c2cccc(N)c2)c(C)c1. The summed E-state index contributed by atoms with van der Waals surface area (Å²) in [6, 6.07) is 13.1. The van der Waals surface area contributed by atoms with Crippen LogP contribution in [0.2, 0.25) is 0 Å². The maximum Gasteiger partial charge on any atom is 0.255 e. The molecule has 3 N–H and O–H groups in total. The van der Waals surface area contributed by atoms with Gasteiger partial charge >= 0.3 is 0 Å². The third kappa shape index (κ3) is 4.28. The largest absolute Gasteiger partial charge is 0.399 e. The van der Waals surface area contributed by atoms with Gasteiger partial charge in [-0.15, -0.1) is 11.8 Å². The van der Waals surface area contributed by atoms with E-state index in [1.165, 1.54) is 4.90 Å². The molecule has 0 saturated heterocycles. The van der Waals surface area contributed by atoms with Crippen LogP contribution < -0.4 is 11.1 Å². The van der Waals surface area contributed by atoms with Crippen molar-refractivity contribution in [2.24, 2.45) is 0 Å². The van der Waals surface area contributed by atoms with Gasteiger partial charge in [0.15, 0.2) is 0 Å². The van der Waals surface area contributed by atoms with Crippen molar-refractivity contribution in [1.29, 1.82) is 0 Å². The van der Waals surface area contributed by atoms with Crippen LogP contribution in [0.5, 0.6) is 0 Å². The summed E-state index contributed by atoms with van der Waals surface area (Å²) in [6.45, 7) is 6.41. The summed E-state index contributed by atoms with van der Waals surface area (Å²) in [5.74, 6) is -0.141. The van der Waals surface area contributed by atoms with Crippen LogP contribution in [-0.4, -0.2) is 11.2 Å². The second-order valence-electron chi connectivity index (χ2n) is 5.39. The quantitative estimate of drug-likeness (QED) is 0.620. The van der Waals surface area contributed by atoms with E-state index in [0.29, 0.717) is 16.5 Å². The number of nitrogen functional groups attached to an aromatic ring is 1. The molecule has 0 radical (unpaired) electrons. The zero-order valence-corrected chi connectivity index (χ0v) is 14.0. The second kappa shape index (κ2) is 7.36. The smallest absolute Gasteiger partial charge is 0.255 e. The number of hydrogen-bond acceptors (Lipinski definition) is 3. The molecule has 0 fully saturated rings. The van der Waals surface area contributed by atoms with Crippen molar-refractivity contribution in [1.82, 2.24) is 0 Å². The van der Waals surface area contributed by atoms with E-state index < -0.39 is 0 Å². The number of carbonyl (C=O) groups excluding carboxylic acids is 1. The van der Waals surface area contributed by atoms with Crippen molar-refractivity contribution in [3.8, 4) is 0 Å². The van der Waals surface area contributed by atoms with Crippen LogP contribution in [0.4, 0.5) is 11.4 Å². The van der Waals surface area contributed by atoms with Crippen LogP contribution in [0.3, 0.4) is 0 Å². The monoisotopic (exact) mass is 314 g/mol. The zero-order chi connectivity index (χ0) is 16.1. The fourth-order valence-electron chi connectivity index (χ4n) is 2.04. The topological polar surface area (TPSA) is 55.1 Å². The number of aryl methyl sites for hydroxylation is 1. The van der Waals surface area contributed by atoms with Gasteiger partial charge in [0.05, 0.1) is 0 Å². The Bertz CT molecular complexity index is 670. The molecule has 0 saturated carbocycles. The number of rotatable bonds is 5. The summed E-state index contributed by atoms with van der Waals surface area (Å²) < 4.78 is 0. The van der Waals surface area contributed by atoms with Crippen molar-refractivity contribution in [2.75, 3.05) is 11.1 Å². The minimum Gasteiger partial charge on any atom is -0.399 e. The Hall–Kier alpha value is -1.94. The highest BCUT2D eigenvalue weighted by Gasteiger charge is 2.09. The van der Waals surface area contributed by atoms with Gasteiger partial charge in [-0.05, 0) is 55.3 Å². The molecule has 0 aliphatic carbocycles. The van der Waals surface area contributed by atoms with E-state index in [1.54, 1.807) is 24.3 Å². The number of nitrogens with two attached hydrogens (primary N) is 1. The van der Waals surface area contributed by atoms with Gasteiger partial charge in [0.2, 0.25) is 0 Å². The molecule has 116 valence electrons. The lowest BCUT2D eigenvalue weighted by Crippen LogP contribution is -2.13. The molecule has 0 aliphatic heterocycles. The van der Waals surface area contributed by atoms with Gasteiger partial charge in [-0.25, -0.2) is 0 Å². The van der Waals surface area contributed by atoms with Crippen LogP contribution >= 0.6 is 11.8 Å². The van der Waals surface area contributed by atoms with E-state index >= 15 is 0 Å². The fourth-order valence-corrected chi connectivity index (χ4v) is 3.06. The number of benzene rings is 2. The van der Waals surface area contributed by atoms with Crippen LogP contribution in [0.1, 0.15) is 36.2 Å². The van der Waals surface area contributed by atoms with E-state index in [2.05, 4.69) is 31.3 Å². The molecular formula is C18H22N2OS. The highest BCUT2D eigenvalue weighted by molar-refractivity contribution is 7.99. The third-order valence-electron chi connectivity index (χ3n) is 3.51. The Balaban J connectivity index is 2.11. The zero-order valence-electron chi connectivity index (χ0n) is 13.2. The Morgan fingerprint density at radius 2 is 2.05 bits per heavy atom. The average molecular weight is 314 g/mol. The number of nitrogens with one attached hydrogen (secondary N) is 1. The van der Waals surface area contributed by atoms with Gasteiger partial charge in [0.1, 0.15) is 0 Å². The number of amides is 1. The predicted octanol–water partition coefficient (Wildman–Crippen LogP) is 4.72. The van der Waals surface area contributed by atoms with E-state index in [1.807, 2.05) is 24.8 Å². The van der Waals surface area contributed by atoms with Gasteiger partial charge in [0.25, 0.3) is 5.91 Å². The molecule has 2 aromatic carbocycles. The predicted molar refractivity (Wildman–Crippen MR) is 95.6 cm³/mol. The summed E-state index contributed by atoms with van der Waals surface area (Å²) in [5, 5.41) is 3.53. The summed E-state index contributed by atoms with van der Waals surface area (Å²) in [5.41, 5.74) is 8.77. The molecule has 2 aromatic rings. The van der Waals surface area contributed by atoms with Gasteiger partial charge in [-0.3, -0.25) is 4.79 Å². The van der Waals surface area contributed by atoms with E-state index in [0.717, 1.165) is 17.7 Å². The molecule has 1 amide bonds. The number of carbonyl (C=O) groups is 1. The highest BCUT2D eigenvalue weighted by Crippen LogP contribution is 2.28. The van der Waals surface area contributed by atoms with Crippen molar-refractivity contribution in [3.63, 3.8) is 0 Å². The molecule has 1 unspecified atom stereocenters. The van der Waals surface area contributed by atoms with Gasteiger partial charge < -0.3 is 11.1 Å². The van der Waals surface area contributed by atoms with Crippen LogP contribution in [0, 0.1) is 6.92 Å². The number of thioether (sulfide) groups is 1. The molecule has 0 bridgehead atoms. The first-order valence-electron chi connectivity index (χ1n) is 7.43. The van der Waals surface area contributed by atoms with E-state index in [-0.39, 0.29) is 5.91 Å². The summed E-state index contributed by atoms with van der Waals surface area (Å²) in [4.78, 5) is 13.5. The Morgan fingerprint density at radius 3 is 2.68 bits per heavy atom. The molecule has 0 heterocycles. The first-order valence-corrected chi connectivity index (χ1v) is 8.31. The lowest BCUT2D eigenvalue weighted by molar-refractivity contribution is 0.102. The molecule has 3 nitrogen and oxygen atoms in total. The van der Waals surface area contributed by atoms with Crippen LogP contribution in [0.15, 0.2) is 47.4 Å². The minimum absolute atomic E-state index is 0.141. The lowest BCUT2D eigenvalue weighted by Gasteiger charge is -2.12. The molecule has 1 atom stereocenters. The van der Waals surface area contributed by atoms with Crippen molar-refractivity contribution >= 4 is 29.0 Å². The lowest BCUT2D eigenvalue weighted by atomic mass is 10.1. The number of hydrogen-bond donors (Lipinski definition) is 2. The minimum atomic E-state index is -0.141. The van der Waals surface area contributed by atoms with Gasteiger partial charge in [0, 0.05) is 27.1 Å². The fraction of sp³-hybridized carbons (Fsp3) is 0.278. The van der Waals surface area contributed by atoms with Crippen LogP contribution in [-0.2, 0) is 0 Å². The first-order chi connectivity index (χ1) is 10.5. The van der Waals surface area contributed by atoms with Crippen molar-refractivity contribution < 1.29 is 4.79 Å². The van der Waals surface area contributed by atoms with Crippen molar-refractivity contribution in [3.05, 3.63) is 53.6 Å². The first kappa shape index (κ1) is 16.4. The molecule has 0 spiro atoms. The maximum absolute atomic E-state index is 12.3. The normalized spacial score (nSPS) is 12.0. The molecule has 22 heavy (non-hydrogen) atoms. The van der Waals surface area contributed by atoms with Gasteiger partial charge in [-0.2, -0.15) is 0 Å². The highest BCUT2D eigenvalue weighted by atomic mass is 32.2. The Kier molecular flexibility index (Phi) is 5.50. The second-order valence-corrected chi connectivity index (χ2v) is 6.90. The molecule has 0 aromatic heterocycles. The standard InChI is InChI=1S/C18H22N2OS/c1-4-13(3)22-16-8-9-17(12(2)10-16)20-18(21)14-6-5-7-15(19)11-14/h5-11,13H,4,19H2,1-3H3,(H,20,21). The Labute approximate surface area is 136 Å². The van der Waals surface area contributed by atoms with E-state index in [4.69, 9.17) is 5.73 Å². The third-order valence-corrected chi connectivity index (χ3v) is 4.77. The Morgan fingerprint density at radius 1 is 1.27 bits per heavy atom. The molecule has 0 aliphatic rings. The average Bonchev–Trinajstić information content (AvgIpc) is 2.49. The maximum atomic E-state index is 12.3. The van der Waals surface area contributed by atoms with Crippen LogP contribution in [0.25, 0.3) is 0 Å². The van der Waals surface area contributed by atoms with Crippen molar-refractivity contribution in [2.45, 2.75) is 37.3 Å². The summed E-state index contributed by atoms with van der Waals surface area (Å²) in [7, 11) is 0. The summed E-state index contributed by atoms with van der Waals surface area (Å²) in [6.07, 6.45) is 1.14.